The molecule has 1 fully saturated rings. The molecule has 0 spiro atoms. The lowest BCUT2D eigenvalue weighted by Crippen LogP contribution is -1.75. The SMILES string of the molecule is CCC[C@@H]1C[C@H]1I. The zero-order valence-electron chi connectivity index (χ0n) is 4.65. The van der Waals surface area contributed by atoms with Gasteiger partial charge in [-0.05, 0) is 18.8 Å². The Morgan fingerprint density at radius 3 is 2.43 bits per heavy atom. The first-order valence-corrected chi connectivity index (χ1v) is 4.23. The summed E-state index contributed by atoms with van der Waals surface area (Å²) in [6.07, 6.45) is 4.34. The van der Waals surface area contributed by atoms with Crippen LogP contribution in [0.5, 0.6) is 0 Å². The molecular formula is C6H11I. The minimum Gasteiger partial charge on any atom is -0.0823 e. The lowest BCUT2D eigenvalue weighted by Gasteiger charge is -1.85. The second-order valence-electron chi connectivity index (χ2n) is 2.30. The Bertz CT molecular complexity index is 61.2. The quantitative estimate of drug-likeness (QED) is 0.485. The van der Waals surface area contributed by atoms with Crippen LogP contribution in [0, 0.1) is 5.92 Å². The summed E-state index contributed by atoms with van der Waals surface area (Å²) in [5, 5.41) is 0. The lowest BCUT2D eigenvalue weighted by molar-refractivity contribution is 0.713. The summed E-state index contributed by atoms with van der Waals surface area (Å²) < 4.78 is 1.04. The van der Waals surface area contributed by atoms with Crippen LogP contribution in [0.15, 0.2) is 0 Å². The standard InChI is InChI=1S/C6H11I/c1-2-3-5-4-6(5)7/h5-6H,2-4H2,1H3/t5-,6-/m1/s1. The fraction of sp³-hybridized carbons (Fsp3) is 1.00. The van der Waals surface area contributed by atoms with Crippen LogP contribution in [-0.2, 0) is 0 Å². The van der Waals surface area contributed by atoms with Gasteiger partial charge in [0.25, 0.3) is 0 Å². The van der Waals surface area contributed by atoms with Gasteiger partial charge in [0.15, 0.2) is 0 Å². The molecule has 0 unspecified atom stereocenters. The third-order valence-corrected chi connectivity index (χ3v) is 3.02. The molecule has 1 saturated carbocycles. The number of hydrogen-bond donors (Lipinski definition) is 0. The molecule has 1 rings (SSSR count). The third kappa shape index (κ3) is 1.59. The summed E-state index contributed by atoms with van der Waals surface area (Å²) in [5.41, 5.74) is 0. The van der Waals surface area contributed by atoms with Gasteiger partial charge in [-0.3, -0.25) is 0 Å². The van der Waals surface area contributed by atoms with Crippen molar-refractivity contribution in [3.63, 3.8) is 0 Å². The summed E-state index contributed by atoms with van der Waals surface area (Å²) in [6, 6.07) is 0. The van der Waals surface area contributed by atoms with Crippen molar-refractivity contribution in [2.45, 2.75) is 30.1 Å². The molecule has 2 atom stereocenters. The Morgan fingerprint density at radius 2 is 2.29 bits per heavy atom. The number of hydrogen-bond acceptors (Lipinski definition) is 0. The minimum atomic E-state index is 1.04. The first-order valence-electron chi connectivity index (χ1n) is 2.98. The maximum atomic E-state index is 2.54. The van der Waals surface area contributed by atoms with Crippen molar-refractivity contribution in [2.75, 3.05) is 0 Å². The van der Waals surface area contributed by atoms with E-state index in [-0.39, 0.29) is 0 Å². The van der Waals surface area contributed by atoms with Crippen LogP contribution < -0.4 is 0 Å². The second kappa shape index (κ2) is 2.33. The summed E-state index contributed by atoms with van der Waals surface area (Å²) in [7, 11) is 0. The maximum Gasteiger partial charge on any atom is 0.0141 e. The smallest absolute Gasteiger partial charge is 0.0141 e. The highest BCUT2D eigenvalue weighted by Crippen LogP contribution is 2.41. The molecule has 0 radical (unpaired) electrons. The molecule has 7 heavy (non-hydrogen) atoms. The van der Waals surface area contributed by atoms with Gasteiger partial charge in [0.05, 0.1) is 0 Å². The Balaban J connectivity index is 1.98. The highest BCUT2D eigenvalue weighted by molar-refractivity contribution is 14.1. The van der Waals surface area contributed by atoms with E-state index in [9.17, 15) is 0 Å². The normalized spacial score (nSPS) is 38.6. The predicted octanol–water partition coefficient (Wildman–Crippen LogP) is 2.61. The fourth-order valence-electron chi connectivity index (χ4n) is 0.880. The van der Waals surface area contributed by atoms with E-state index in [0.29, 0.717) is 0 Å². The van der Waals surface area contributed by atoms with E-state index < -0.39 is 0 Å². The van der Waals surface area contributed by atoms with Gasteiger partial charge >= 0.3 is 0 Å². The van der Waals surface area contributed by atoms with Crippen LogP contribution in [0.1, 0.15) is 26.2 Å². The van der Waals surface area contributed by atoms with Gasteiger partial charge in [0, 0.05) is 3.92 Å². The van der Waals surface area contributed by atoms with Crippen molar-refractivity contribution in [1.29, 1.82) is 0 Å². The van der Waals surface area contributed by atoms with Crippen molar-refractivity contribution in [3.05, 3.63) is 0 Å². The van der Waals surface area contributed by atoms with Crippen molar-refractivity contribution in [1.82, 2.24) is 0 Å². The topological polar surface area (TPSA) is 0 Å². The predicted molar refractivity (Wildman–Crippen MR) is 40.8 cm³/mol. The molecule has 0 amide bonds. The van der Waals surface area contributed by atoms with E-state index in [1.54, 1.807) is 0 Å². The van der Waals surface area contributed by atoms with Crippen molar-refractivity contribution in [2.24, 2.45) is 5.92 Å². The highest BCUT2D eigenvalue weighted by Gasteiger charge is 2.32. The molecule has 0 aromatic rings. The Kier molecular flexibility index (Phi) is 1.95. The van der Waals surface area contributed by atoms with Gasteiger partial charge in [-0.2, -0.15) is 0 Å². The highest BCUT2D eigenvalue weighted by atomic mass is 127. The van der Waals surface area contributed by atoms with E-state index in [4.69, 9.17) is 0 Å². The molecule has 1 aliphatic rings. The van der Waals surface area contributed by atoms with Crippen LogP contribution in [0.3, 0.4) is 0 Å². The molecular weight excluding hydrogens is 199 g/mol. The third-order valence-electron chi connectivity index (χ3n) is 1.50. The number of rotatable bonds is 2. The average Bonchev–Trinajstić information content (AvgIpc) is 2.22. The summed E-state index contributed by atoms with van der Waals surface area (Å²) in [6.45, 7) is 2.27. The summed E-state index contributed by atoms with van der Waals surface area (Å²) in [5.74, 6) is 1.10. The molecule has 0 saturated heterocycles. The summed E-state index contributed by atoms with van der Waals surface area (Å²) >= 11 is 2.54. The molecule has 0 aliphatic heterocycles. The van der Waals surface area contributed by atoms with E-state index in [0.717, 1.165) is 9.84 Å². The van der Waals surface area contributed by atoms with Crippen LogP contribution in [0.2, 0.25) is 0 Å². The Morgan fingerprint density at radius 1 is 1.71 bits per heavy atom. The molecule has 0 aromatic carbocycles. The van der Waals surface area contributed by atoms with Crippen molar-refractivity contribution in [3.8, 4) is 0 Å². The lowest BCUT2D eigenvalue weighted by atomic mass is 10.2. The molecule has 0 bridgehead atoms. The number of alkyl halides is 1. The van der Waals surface area contributed by atoms with E-state index in [2.05, 4.69) is 29.5 Å². The van der Waals surface area contributed by atoms with Gasteiger partial charge in [-0.25, -0.2) is 0 Å². The Hall–Kier alpha value is 0.730. The second-order valence-corrected chi connectivity index (χ2v) is 3.90. The van der Waals surface area contributed by atoms with Crippen LogP contribution in [0.4, 0.5) is 0 Å². The van der Waals surface area contributed by atoms with Gasteiger partial charge in [-0.1, -0.05) is 35.9 Å². The number of halogens is 1. The van der Waals surface area contributed by atoms with E-state index >= 15 is 0 Å². The van der Waals surface area contributed by atoms with E-state index in [1.165, 1.54) is 19.3 Å². The molecule has 0 aromatic heterocycles. The average molecular weight is 210 g/mol. The maximum absolute atomic E-state index is 2.54. The molecule has 1 heteroatoms. The fourth-order valence-corrected chi connectivity index (χ4v) is 1.89. The van der Waals surface area contributed by atoms with Gasteiger partial charge in [0.2, 0.25) is 0 Å². The molecule has 0 heterocycles. The van der Waals surface area contributed by atoms with Crippen molar-refractivity contribution < 1.29 is 0 Å². The van der Waals surface area contributed by atoms with E-state index in [1.807, 2.05) is 0 Å². The van der Waals surface area contributed by atoms with Crippen LogP contribution >= 0.6 is 22.6 Å². The van der Waals surface area contributed by atoms with Gasteiger partial charge in [-0.15, -0.1) is 0 Å². The molecule has 0 nitrogen and oxygen atoms in total. The molecule has 0 N–H and O–H groups in total. The van der Waals surface area contributed by atoms with Crippen molar-refractivity contribution >= 4 is 22.6 Å². The summed E-state index contributed by atoms with van der Waals surface area (Å²) in [4.78, 5) is 0. The zero-order chi connectivity index (χ0) is 5.28. The first-order chi connectivity index (χ1) is 3.34. The zero-order valence-corrected chi connectivity index (χ0v) is 6.81. The van der Waals surface area contributed by atoms with Gasteiger partial charge in [0.1, 0.15) is 0 Å². The Labute approximate surface area is 58.8 Å². The van der Waals surface area contributed by atoms with Gasteiger partial charge < -0.3 is 0 Å². The molecule has 1 aliphatic carbocycles. The van der Waals surface area contributed by atoms with Crippen LogP contribution in [0.25, 0.3) is 0 Å². The minimum absolute atomic E-state index is 1.04. The largest absolute Gasteiger partial charge is 0.0823 e. The first kappa shape index (κ1) is 5.86. The van der Waals surface area contributed by atoms with Crippen LogP contribution in [-0.4, -0.2) is 3.92 Å². The molecule has 42 valence electrons. The monoisotopic (exact) mass is 210 g/mol.